The maximum Gasteiger partial charge on any atom is 0.257 e. The van der Waals surface area contributed by atoms with Crippen molar-refractivity contribution in [2.75, 3.05) is 6.54 Å². The second-order valence-electron chi connectivity index (χ2n) is 5.46. The summed E-state index contributed by atoms with van der Waals surface area (Å²) >= 11 is 2.99. The van der Waals surface area contributed by atoms with E-state index in [1.54, 1.807) is 0 Å². The first-order valence-electron chi connectivity index (χ1n) is 7.18. The van der Waals surface area contributed by atoms with Crippen molar-refractivity contribution < 1.29 is 13.6 Å². The lowest BCUT2D eigenvalue weighted by molar-refractivity contribution is 0.0907. The van der Waals surface area contributed by atoms with Gasteiger partial charge in [-0.05, 0) is 30.9 Å². The number of hydrogen-bond acceptors (Lipinski definition) is 2. The Morgan fingerprint density at radius 3 is 2.32 bits per heavy atom. The Kier molecular flexibility index (Phi) is 7.72. The number of rotatable bonds is 4. The van der Waals surface area contributed by atoms with E-state index in [9.17, 15) is 13.6 Å². The van der Waals surface area contributed by atoms with Crippen LogP contribution in [0.2, 0.25) is 0 Å². The molecule has 7 heteroatoms. The molecule has 1 aliphatic rings. The number of hydrogen-bond donors (Lipinski definition) is 2. The summed E-state index contributed by atoms with van der Waals surface area (Å²) in [5.74, 6) is -2.20. The fourth-order valence-corrected chi connectivity index (χ4v) is 3.31. The van der Waals surface area contributed by atoms with Crippen LogP contribution in [0.3, 0.4) is 0 Å². The smallest absolute Gasteiger partial charge is 0.257 e. The van der Waals surface area contributed by atoms with Crippen molar-refractivity contribution in [3.8, 4) is 0 Å². The second kappa shape index (κ2) is 8.79. The van der Waals surface area contributed by atoms with Crippen LogP contribution < -0.4 is 11.1 Å². The summed E-state index contributed by atoms with van der Waals surface area (Å²) in [5.41, 5.74) is 5.17. The van der Waals surface area contributed by atoms with Gasteiger partial charge in [0.05, 0.1) is 0 Å². The zero-order valence-corrected chi connectivity index (χ0v) is 14.5. The van der Waals surface area contributed by atoms with Gasteiger partial charge in [-0.1, -0.05) is 35.2 Å². The molecular formula is C15H20BrClF2N2O. The lowest BCUT2D eigenvalue weighted by atomic mass is 9.84. The van der Waals surface area contributed by atoms with Crippen molar-refractivity contribution in [2.45, 2.75) is 38.1 Å². The SMILES string of the molecule is Cl.NCC(NC(=O)c1c(F)cc(Br)cc1F)C1CCCCC1. The van der Waals surface area contributed by atoms with Gasteiger partial charge in [0, 0.05) is 17.1 Å². The summed E-state index contributed by atoms with van der Waals surface area (Å²) in [6.45, 7) is 0.274. The average molecular weight is 398 g/mol. The van der Waals surface area contributed by atoms with Gasteiger partial charge in [-0.15, -0.1) is 12.4 Å². The predicted molar refractivity (Wildman–Crippen MR) is 88.2 cm³/mol. The number of amides is 1. The molecule has 22 heavy (non-hydrogen) atoms. The van der Waals surface area contributed by atoms with Gasteiger partial charge in [-0.3, -0.25) is 4.79 Å². The summed E-state index contributed by atoms with van der Waals surface area (Å²) in [7, 11) is 0. The molecule has 3 N–H and O–H groups in total. The number of nitrogens with one attached hydrogen (secondary N) is 1. The van der Waals surface area contributed by atoms with Crippen molar-refractivity contribution in [2.24, 2.45) is 11.7 Å². The molecular weight excluding hydrogens is 378 g/mol. The van der Waals surface area contributed by atoms with Crippen molar-refractivity contribution in [1.29, 1.82) is 0 Å². The Labute approximate surface area is 143 Å². The molecule has 0 saturated heterocycles. The number of halogens is 4. The molecule has 1 atom stereocenters. The second-order valence-corrected chi connectivity index (χ2v) is 6.37. The summed E-state index contributed by atoms with van der Waals surface area (Å²) in [6.07, 6.45) is 5.40. The number of carbonyl (C=O) groups excluding carboxylic acids is 1. The van der Waals surface area contributed by atoms with E-state index in [2.05, 4.69) is 21.2 Å². The van der Waals surface area contributed by atoms with Crippen LogP contribution in [0.1, 0.15) is 42.5 Å². The van der Waals surface area contributed by atoms with E-state index in [0.717, 1.165) is 37.8 Å². The molecule has 3 nitrogen and oxygen atoms in total. The zero-order chi connectivity index (χ0) is 15.4. The molecule has 0 aromatic heterocycles. The molecule has 1 saturated carbocycles. The molecule has 1 aromatic rings. The molecule has 0 spiro atoms. The molecule has 1 aromatic carbocycles. The molecule has 0 radical (unpaired) electrons. The van der Waals surface area contributed by atoms with E-state index in [1.807, 2.05) is 0 Å². The highest BCUT2D eigenvalue weighted by molar-refractivity contribution is 9.10. The van der Waals surface area contributed by atoms with E-state index >= 15 is 0 Å². The minimum absolute atomic E-state index is 0. The topological polar surface area (TPSA) is 55.1 Å². The molecule has 0 bridgehead atoms. The van der Waals surface area contributed by atoms with Crippen LogP contribution in [0.25, 0.3) is 0 Å². The van der Waals surface area contributed by atoms with Crippen LogP contribution in [0.5, 0.6) is 0 Å². The largest absolute Gasteiger partial charge is 0.348 e. The third-order valence-electron chi connectivity index (χ3n) is 4.02. The van der Waals surface area contributed by atoms with Gasteiger partial charge in [0.25, 0.3) is 5.91 Å². The lowest BCUT2D eigenvalue weighted by Gasteiger charge is -2.30. The van der Waals surface area contributed by atoms with Crippen LogP contribution in [0, 0.1) is 17.6 Å². The van der Waals surface area contributed by atoms with Gasteiger partial charge in [0.15, 0.2) is 0 Å². The highest BCUT2D eigenvalue weighted by Crippen LogP contribution is 2.27. The molecule has 0 aliphatic heterocycles. The minimum atomic E-state index is -0.876. The van der Waals surface area contributed by atoms with E-state index in [-0.39, 0.29) is 35.4 Å². The van der Waals surface area contributed by atoms with Crippen LogP contribution in [-0.2, 0) is 0 Å². The fourth-order valence-electron chi connectivity index (χ4n) is 2.91. The lowest BCUT2D eigenvalue weighted by Crippen LogP contribution is -2.46. The summed E-state index contributed by atoms with van der Waals surface area (Å²) < 4.78 is 27.9. The molecule has 1 aliphatic carbocycles. The van der Waals surface area contributed by atoms with Gasteiger partial charge < -0.3 is 11.1 Å². The highest BCUT2D eigenvalue weighted by Gasteiger charge is 2.26. The van der Waals surface area contributed by atoms with Gasteiger partial charge in [0.2, 0.25) is 0 Å². The summed E-state index contributed by atoms with van der Waals surface area (Å²) in [6, 6.07) is 1.92. The van der Waals surface area contributed by atoms with E-state index in [1.165, 1.54) is 6.42 Å². The van der Waals surface area contributed by atoms with E-state index in [4.69, 9.17) is 5.73 Å². The van der Waals surface area contributed by atoms with Gasteiger partial charge in [0.1, 0.15) is 17.2 Å². The maximum atomic E-state index is 13.8. The van der Waals surface area contributed by atoms with Crippen LogP contribution in [-0.4, -0.2) is 18.5 Å². The Hall–Kier alpha value is -0.720. The first-order valence-corrected chi connectivity index (χ1v) is 7.97. The van der Waals surface area contributed by atoms with Crippen molar-refractivity contribution in [1.82, 2.24) is 5.32 Å². The third kappa shape index (κ3) is 4.64. The summed E-state index contributed by atoms with van der Waals surface area (Å²) in [5, 5.41) is 2.69. The molecule has 2 rings (SSSR count). The minimum Gasteiger partial charge on any atom is -0.348 e. The van der Waals surface area contributed by atoms with Crippen LogP contribution in [0.15, 0.2) is 16.6 Å². The number of nitrogens with two attached hydrogens (primary N) is 1. The molecule has 1 fully saturated rings. The summed E-state index contributed by atoms with van der Waals surface area (Å²) in [4.78, 5) is 12.1. The fraction of sp³-hybridized carbons (Fsp3) is 0.533. The number of carbonyl (C=O) groups is 1. The quantitative estimate of drug-likeness (QED) is 0.812. The van der Waals surface area contributed by atoms with E-state index in [0.29, 0.717) is 0 Å². The average Bonchev–Trinajstić information content (AvgIpc) is 2.44. The Morgan fingerprint density at radius 1 is 1.27 bits per heavy atom. The Balaban J connectivity index is 0.00000242. The highest BCUT2D eigenvalue weighted by atomic mass is 79.9. The molecule has 0 heterocycles. The van der Waals surface area contributed by atoms with E-state index < -0.39 is 23.1 Å². The zero-order valence-electron chi connectivity index (χ0n) is 12.1. The standard InChI is InChI=1S/C15H19BrF2N2O.ClH/c16-10-6-11(17)14(12(18)7-10)15(21)20-13(8-19)9-4-2-1-3-5-9;/h6-7,9,13H,1-5,8,19H2,(H,20,21);1H. The molecule has 1 amide bonds. The van der Waals surface area contributed by atoms with Gasteiger partial charge in [-0.2, -0.15) is 0 Å². The van der Waals surface area contributed by atoms with Crippen molar-refractivity contribution in [3.05, 3.63) is 33.8 Å². The first-order chi connectivity index (χ1) is 10.0. The maximum absolute atomic E-state index is 13.8. The van der Waals surface area contributed by atoms with Crippen molar-refractivity contribution in [3.63, 3.8) is 0 Å². The molecule has 124 valence electrons. The number of benzene rings is 1. The monoisotopic (exact) mass is 396 g/mol. The van der Waals surface area contributed by atoms with Gasteiger partial charge >= 0.3 is 0 Å². The normalized spacial score (nSPS) is 16.7. The van der Waals surface area contributed by atoms with Crippen LogP contribution >= 0.6 is 28.3 Å². The van der Waals surface area contributed by atoms with Gasteiger partial charge in [-0.25, -0.2) is 8.78 Å². The van der Waals surface area contributed by atoms with Crippen LogP contribution in [0.4, 0.5) is 8.78 Å². The molecule has 1 unspecified atom stereocenters. The first kappa shape index (κ1) is 19.3. The van der Waals surface area contributed by atoms with Crippen molar-refractivity contribution >= 4 is 34.2 Å². The predicted octanol–water partition coefficient (Wildman–Crippen LogP) is 3.79. The Morgan fingerprint density at radius 2 is 1.82 bits per heavy atom. The third-order valence-corrected chi connectivity index (χ3v) is 4.48. The Bertz CT molecular complexity index is 501.